The number of fused-ring (bicyclic) bond motifs is 3. The molecule has 0 aromatic carbocycles. The van der Waals surface area contributed by atoms with Crippen LogP contribution in [0.25, 0.3) is 22.3 Å². The molecule has 0 bridgehead atoms. The molecule has 6 heterocycles. The van der Waals surface area contributed by atoms with E-state index in [0.29, 0.717) is 6.42 Å². The number of hydrogen-bond donors (Lipinski definition) is 2. The standard InChI is InChI=1S/C20H22N6O/c27-18-2-1-6-25(18)16-11-23-19-14(16)8-13(10-22-19)15-9-17-20(3-5-21-12-20)4-7-26(17)24-15/h8-11,21H,1-7,12H2,(H,22,23). The Morgan fingerprint density at radius 1 is 1.19 bits per heavy atom. The molecule has 7 nitrogen and oxygen atoms in total. The van der Waals surface area contributed by atoms with E-state index in [1.807, 2.05) is 17.3 Å². The third kappa shape index (κ3) is 2.15. The Morgan fingerprint density at radius 3 is 2.96 bits per heavy atom. The van der Waals surface area contributed by atoms with Gasteiger partial charge in [0.25, 0.3) is 0 Å². The van der Waals surface area contributed by atoms with Crippen LogP contribution < -0.4 is 10.2 Å². The van der Waals surface area contributed by atoms with Crippen LogP contribution in [0.1, 0.15) is 31.4 Å². The van der Waals surface area contributed by atoms with E-state index in [4.69, 9.17) is 5.10 Å². The minimum Gasteiger partial charge on any atom is -0.344 e. The Kier molecular flexibility index (Phi) is 3.09. The normalized spacial score (nSPS) is 24.6. The first kappa shape index (κ1) is 15.4. The highest BCUT2D eigenvalue weighted by molar-refractivity contribution is 6.04. The predicted molar refractivity (Wildman–Crippen MR) is 103 cm³/mol. The van der Waals surface area contributed by atoms with Crippen LogP contribution in [0.5, 0.6) is 0 Å². The highest BCUT2D eigenvalue weighted by atomic mass is 16.2. The molecule has 0 aliphatic carbocycles. The second-order valence-electron chi connectivity index (χ2n) is 8.04. The van der Waals surface area contributed by atoms with Gasteiger partial charge in [0, 0.05) is 60.5 Å². The minimum absolute atomic E-state index is 0.193. The molecule has 27 heavy (non-hydrogen) atoms. The Hall–Kier alpha value is -2.67. The number of pyridine rings is 1. The van der Waals surface area contributed by atoms with E-state index in [0.717, 1.165) is 60.6 Å². The van der Waals surface area contributed by atoms with E-state index < -0.39 is 0 Å². The monoisotopic (exact) mass is 362 g/mol. The summed E-state index contributed by atoms with van der Waals surface area (Å²) in [6.45, 7) is 3.91. The largest absolute Gasteiger partial charge is 0.344 e. The van der Waals surface area contributed by atoms with E-state index in [2.05, 4.69) is 32.1 Å². The van der Waals surface area contributed by atoms with Crippen molar-refractivity contribution in [2.75, 3.05) is 24.5 Å². The van der Waals surface area contributed by atoms with Crippen LogP contribution in [-0.2, 0) is 16.8 Å². The van der Waals surface area contributed by atoms with Crippen molar-refractivity contribution >= 4 is 22.6 Å². The van der Waals surface area contributed by atoms with Crippen LogP contribution >= 0.6 is 0 Å². The summed E-state index contributed by atoms with van der Waals surface area (Å²) in [7, 11) is 0. The zero-order chi connectivity index (χ0) is 18.0. The summed E-state index contributed by atoms with van der Waals surface area (Å²) >= 11 is 0. The first-order chi connectivity index (χ1) is 13.2. The maximum atomic E-state index is 12.2. The molecule has 1 spiro atoms. The number of rotatable bonds is 2. The Labute approximate surface area is 156 Å². The highest BCUT2D eigenvalue weighted by Gasteiger charge is 2.42. The van der Waals surface area contributed by atoms with Gasteiger partial charge >= 0.3 is 0 Å². The highest BCUT2D eigenvalue weighted by Crippen LogP contribution is 2.41. The Balaban J connectivity index is 1.43. The number of aromatic nitrogens is 4. The lowest BCUT2D eigenvalue weighted by atomic mass is 9.82. The SMILES string of the molecule is O=C1CCCN1c1c[nH]c2ncc(-c3cc4n(n3)CCC43CCNC3)cc12. The predicted octanol–water partition coefficient (Wildman–Crippen LogP) is 2.19. The zero-order valence-corrected chi connectivity index (χ0v) is 15.2. The minimum atomic E-state index is 0.193. The van der Waals surface area contributed by atoms with Gasteiger partial charge in [-0.05, 0) is 37.9 Å². The van der Waals surface area contributed by atoms with E-state index in [9.17, 15) is 4.79 Å². The molecular weight excluding hydrogens is 340 g/mol. The van der Waals surface area contributed by atoms with Crippen LogP contribution in [-0.4, -0.2) is 45.3 Å². The third-order valence-electron chi connectivity index (χ3n) is 6.54. The lowest BCUT2D eigenvalue weighted by Crippen LogP contribution is -2.25. The third-order valence-corrected chi connectivity index (χ3v) is 6.54. The molecule has 2 saturated heterocycles. The number of H-pyrrole nitrogens is 1. The summed E-state index contributed by atoms with van der Waals surface area (Å²) in [6, 6.07) is 4.37. The summed E-state index contributed by atoms with van der Waals surface area (Å²) in [5.74, 6) is 0.193. The van der Waals surface area contributed by atoms with Crippen molar-refractivity contribution < 1.29 is 4.79 Å². The molecule has 3 aromatic rings. The quantitative estimate of drug-likeness (QED) is 0.732. The van der Waals surface area contributed by atoms with Gasteiger partial charge in [0.05, 0.1) is 11.4 Å². The molecule has 3 aliphatic heterocycles. The topological polar surface area (TPSA) is 78.8 Å². The number of hydrogen-bond acceptors (Lipinski definition) is 4. The van der Waals surface area contributed by atoms with Gasteiger partial charge in [0.1, 0.15) is 5.65 Å². The molecular formula is C20H22N6O. The van der Waals surface area contributed by atoms with Gasteiger partial charge in [-0.3, -0.25) is 9.48 Å². The molecule has 2 fully saturated rings. The maximum Gasteiger partial charge on any atom is 0.227 e. The van der Waals surface area contributed by atoms with Crippen molar-refractivity contribution in [1.29, 1.82) is 0 Å². The van der Waals surface area contributed by atoms with Gasteiger partial charge in [0.2, 0.25) is 5.91 Å². The maximum absolute atomic E-state index is 12.2. The first-order valence-electron chi connectivity index (χ1n) is 9.80. The molecule has 1 unspecified atom stereocenters. The van der Waals surface area contributed by atoms with E-state index >= 15 is 0 Å². The fourth-order valence-electron chi connectivity index (χ4n) is 5.03. The van der Waals surface area contributed by atoms with Crippen molar-refractivity contribution in [2.24, 2.45) is 0 Å². The number of anilines is 1. The van der Waals surface area contributed by atoms with Crippen LogP contribution in [0.2, 0.25) is 0 Å². The molecule has 0 saturated carbocycles. The molecule has 7 heteroatoms. The summed E-state index contributed by atoms with van der Waals surface area (Å²) in [4.78, 5) is 21.8. The van der Waals surface area contributed by atoms with Gasteiger partial charge in [-0.25, -0.2) is 4.98 Å². The molecule has 2 N–H and O–H groups in total. The molecule has 138 valence electrons. The molecule has 1 amide bonds. The lowest BCUT2D eigenvalue weighted by molar-refractivity contribution is -0.117. The Bertz CT molecular complexity index is 1060. The fourth-order valence-corrected chi connectivity index (χ4v) is 5.03. The smallest absolute Gasteiger partial charge is 0.227 e. The van der Waals surface area contributed by atoms with Gasteiger partial charge in [0.15, 0.2) is 0 Å². The molecule has 0 radical (unpaired) electrons. The molecule has 6 rings (SSSR count). The molecule has 1 atom stereocenters. The van der Waals surface area contributed by atoms with Gasteiger partial charge < -0.3 is 15.2 Å². The number of carbonyl (C=O) groups is 1. The van der Waals surface area contributed by atoms with Crippen molar-refractivity contribution in [3.8, 4) is 11.3 Å². The second kappa shape index (κ2) is 5.42. The number of carbonyl (C=O) groups excluding carboxylic acids is 1. The van der Waals surface area contributed by atoms with Gasteiger partial charge in [-0.1, -0.05) is 0 Å². The van der Waals surface area contributed by atoms with Crippen LogP contribution in [0.3, 0.4) is 0 Å². The van der Waals surface area contributed by atoms with Crippen LogP contribution in [0, 0.1) is 0 Å². The van der Waals surface area contributed by atoms with Crippen molar-refractivity contribution in [3.05, 3.63) is 30.2 Å². The Morgan fingerprint density at radius 2 is 2.15 bits per heavy atom. The summed E-state index contributed by atoms with van der Waals surface area (Å²) < 4.78 is 2.18. The molecule has 3 aromatic heterocycles. The number of nitrogens with zero attached hydrogens (tertiary/aromatic N) is 4. The van der Waals surface area contributed by atoms with Crippen LogP contribution in [0.15, 0.2) is 24.5 Å². The summed E-state index contributed by atoms with van der Waals surface area (Å²) in [5, 5.41) is 9.38. The van der Waals surface area contributed by atoms with E-state index in [1.165, 1.54) is 18.5 Å². The van der Waals surface area contributed by atoms with E-state index in [-0.39, 0.29) is 11.3 Å². The lowest BCUT2D eigenvalue weighted by Gasteiger charge is -2.20. The fraction of sp³-hybridized carbons (Fsp3) is 0.450. The van der Waals surface area contributed by atoms with Gasteiger partial charge in [-0.15, -0.1) is 0 Å². The van der Waals surface area contributed by atoms with E-state index in [1.54, 1.807) is 0 Å². The number of aryl methyl sites for hydroxylation is 1. The second-order valence-corrected chi connectivity index (χ2v) is 8.04. The first-order valence-corrected chi connectivity index (χ1v) is 9.80. The summed E-state index contributed by atoms with van der Waals surface area (Å²) in [6.07, 6.45) is 7.70. The zero-order valence-electron chi connectivity index (χ0n) is 15.2. The average Bonchev–Trinajstić information content (AvgIpc) is 3.46. The van der Waals surface area contributed by atoms with Gasteiger partial charge in [-0.2, -0.15) is 5.10 Å². The van der Waals surface area contributed by atoms with Crippen molar-refractivity contribution in [3.63, 3.8) is 0 Å². The van der Waals surface area contributed by atoms with Crippen molar-refractivity contribution in [1.82, 2.24) is 25.1 Å². The summed E-state index contributed by atoms with van der Waals surface area (Å²) in [5.41, 5.74) is 5.35. The van der Waals surface area contributed by atoms with Crippen molar-refractivity contribution in [2.45, 2.75) is 37.6 Å². The average molecular weight is 362 g/mol. The number of amides is 1. The number of aromatic amines is 1. The molecule has 3 aliphatic rings. The van der Waals surface area contributed by atoms with Crippen LogP contribution in [0.4, 0.5) is 5.69 Å². The number of nitrogens with one attached hydrogen (secondary N) is 2.